The van der Waals surface area contributed by atoms with E-state index >= 15 is 0 Å². The van der Waals surface area contributed by atoms with E-state index < -0.39 is 11.9 Å². The molecule has 0 aromatic heterocycles. The number of nitrogens with one attached hydrogen (secondary N) is 1. The third kappa shape index (κ3) is 5.21. The standard InChI is InChI=1S/C17H22ClFN4O4/c18-14-9-12(1-2-15(14)19)20-16(24)22-5-3-21(4-6-22)10-13-11-23(17(25)26)7-8-27-13/h1-2,9,13H,3-8,10-11H2,(H,20,24)(H,25,26)/t13-/m0/s1. The number of carbonyl (C=O) groups excluding carboxylic acids is 1. The molecule has 1 atom stereocenters. The summed E-state index contributed by atoms with van der Waals surface area (Å²) in [6.07, 6.45) is -1.08. The summed E-state index contributed by atoms with van der Waals surface area (Å²) in [6, 6.07) is 3.78. The summed E-state index contributed by atoms with van der Waals surface area (Å²) in [6.45, 7) is 4.21. The minimum Gasteiger partial charge on any atom is -0.465 e. The lowest BCUT2D eigenvalue weighted by atomic mass is 10.2. The fraction of sp³-hybridized carbons (Fsp3) is 0.529. The molecule has 0 unspecified atom stereocenters. The lowest BCUT2D eigenvalue weighted by Gasteiger charge is -2.38. The number of morpholine rings is 1. The van der Waals surface area contributed by atoms with Gasteiger partial charge in [0.2, 0.25) is 0 Å². The quantitative estimate of drug-likeness (QED) is 0.810. The zero-order valence-electron chi connectivity index (χ0n) is 14.7. The number of halogens is 2. The summed E-state index contributed by atoms with van der Waals surface area (Å²) in [5.74, 6) is -0.533. The molecule has 0 aliphatic carbocycles. The van der Waals surface area contributed by atoms with Crippen LogP contribution in [-0.2, 0) is 4.74 Å². The molecular formula is C17H22ClFN4O4. The van der Waals surface area contributed by atoms with Crippen molar-refractivity contribution in [1.82, 2.24) is 14.7 Å². The summed E-state index contributed by atoms with van der Waals surface area (Å²) in [5.41, 5.74) is 0.443. The predicted molar refractivity (Wildman–Crippen MR) is 97.8 cm³/mol. The van der Waals surface area contributed by atoms with Crippen LogP contribution in [-0.4, -0.2) is 90.5 Å². The second-order valence-corrected chi connectivity index (χ2v) is 6.98. The number of rotatable bonds is 3. The summed E-state index contributed by atoms with van der Waals surface area (Å²) < 4.78 is 18.8. The van der Waals surface area contributed by atoms with Gasteiger partial charge in [0.1, 0.15) is 5.82 Å². The highest BCUT2D eigenvalue weighted by molar-refractivity contribution is 6.31. The van der Waals surface area contributed by atoms with E-state index in [4.69, 9.17) is 21.4 Å². The van der Waals surface area contributed by atoms with Crippen LogP contribution in [0.15, 0.2) is 18.2 Å². The smallest absolute Gasteiger partial charge is 0.407 e. The Morgan fingerprint density at radius 3 is 2.63 bits per heavy atom. The van der Waals surface area contributed by atoms with Crippen LogP contribution in [0.25, 0.3) is 0 Å². The van der Waals surface area contributed by atoms with E-state index in [-0.39, 0.29) is 17.2 Å². The first-order valence-electron chi connectivity index (χ1n) is 8.75. The number of carbonyl (C=O) groups is 2. The number of carboxylic acid groups (broad SMARTS) is 1. The monoisotopic (exact) mass is 400 g/mol. The predicted octanol–water partition coefficient (Wildman–Crippen LogP) is 2.01. The summed E-state index contributed by atoms with van der Waals surface area (Å²) in [4.78, 5) is 28.6. The number of anilines is 1. The van der Waals surface area contributed by atoms with E-state index in [2.05, 4.69) is 10.2 Å². The molecule has 2 aliphatic rings. The second kappa shape index (κ2) is 8.73. The summed E-state index contributed by atoms with van der Waals surface area (Å²) in [5, 5.41) is 11.8. The number of nitrogens with zero attached hydrogens (tertiary/aromatic N) is 3. The van der Waals surface area contributed by atoms with Crippen molar-refractivity contribution in [1.29, 1.82) is 0 Å². The SMILES string of the molecule is O=C(O)N1CCO[C@@H](CN2CCN(C(=O)Nc3ccc(F)c(Cl)c3)CC2)C1. The fourth-order valence-corrected chi connectivity index (χ4v) is 3.38. The molecule has 1 aromatic rings. The first-order chi connectivity index (χ1) is 12.9. The highest BCUT2D eigenvalue weighted by Crippen LogP contribution is 2.20. The van der Waals surface area contributed by atoms with Gasteiger partial charge in [0.05, 0.1) is 24.3 Å². The third-order valence-corrected chi connectivity index (χ3v) is 4.99. The Morgan fingerprint density at radius 1 is 1.22 bits per heavy atom. The molecule has 3 amide bonds. The highest BCUT2D eigenvalue weighted by Gasteiger charge is 2.28. The molecule has 2 saturated heterocycles. The number of amides is 3. The molecule has 0 spiro atoms. The Bertz CT molecular complexity index is 700. The van der Waals surface area contributed by atoms with Gasteiger partial charge in [-0.25, -0.2) is 14.0 Å². The average Bonchev–Trinajstić information content (AvgIpc) is 2.65. The lowest BCUT2D eigenvalue weighted by molar-refractivity contribution is -0.0404. The average molecular weight is 401 g/mol. The molecule has 2 N–H and O–H groups in total. The molecular weight excluding hydrogens is 379 g/mol. The molecule has 148 valence electrons. The van der Waals surface area contributed by atoms with Gasteiger partial charge in [-0.2, -0.15) is 0 Å². The molecule has 3 rings (SSSR count). The molecule has 2 heterocycles. The number of benzene rings is 1. The van der Waals surface area contributed by atoms with Crippen LogP contribution in [0.4, 0.5) is 19.7 Å². The minimum atomic E-state index is -0.925. The number of ether oxygens (including phenoxy) is 1. The van der Waals surface area contributed by atoms with Crippen LogP contribution >= 0.6 is 11.6 Å². The lowest BCUT2D eigenvalue weighted by Crippen LogP contribution is -2.54. The fourth-order valence-electron chi connectivity index (χ4n) is 3.20. The van der Waals surface area contributed by atoms with Crippen molar-refractivity contribution in [2.24, 2.45) is 0 Å². The first kappa shape index (κ1) is 19.7. The van der Waals surface area contributed by atoms with Gasteiger partial charge in [-0.1, -0.05) is 11.6 Å². The number of hydrogen-bond acceptors (Lipinski definition) is 4. The summed E-state index contributed by atoms with van der Waals surface area (Å²) >= 11 is 5.73. The van der Waals surface area contributed by atoms with E-state index in [1.807, 2.05) is 0 Å². The highest BCUT2D eigenvalue weighted by atomic mass is 35.5. The van der Waals surface area contributed by atoms with Gasteiger partial charge in [0.25, 0.3) is 0 Å². The Hall–Kier alpha value is -2.10. The zero-order valence-corrected chi connectivity index (χ0v) is 15.5. The van der Waals surface area contributed by atoms with Crippen molar-refractivity contribution in [2.75, 3.05) is 57.7 Å². The van der Waals surface area contributed by atoms with E-state index in [0.29, 0.717) is 58.1 Å². The maximum absolute atomic E-state index is 13.2. The first-order valence-corrected chi connectivity index (χ1v) is 9.13. The van der Waals surface area contributed by atoms with Crippen LogP contribution in [0.1, 0.15) is 0 Å². The van der Waals surface area contributed by atoms with Gasteiger partial charge >= 0.3 is 12.1 Å². The molecule has 10 heteroatoms. The maximum atomic E-state index is 13.2. The minimum absolute atomic E-state index is 0.0412. The van der Waals surface area contributed by atoms with Crippen LogP contribution in [0.3, 0.4) is 0 Å². The van der Waals surface area contributed by atoms with Crippen molar-refractivity contribution < 1.29 is 23.8 Å². The topological polar surface area (TPSA) is 85.3 Å². The van der Waals surface area contributed by atoms with Crippen molar-refractivity contribution in [3.05, 3.63) is 29.0 Å². The molecule has 8 nitrogen and oxygen atoms in total. The van der Waals surface area contributed by atoms with Crippen LogP contribution < -0.4 is 5.32 Å². The van der Waals surface area contributed by atoms with E-state index in [9.17, 15) is 14.0 Å². The molecule has 27 heavy (non-hydrogen) atoms. The molecule has 0 radical (unpaired) electrons. The van der Waals surface area contributed by atoms with E-state index in [1.165, 1.54) is 23.1 Å². The molecule has 2 fully saturated rings. The maximum Gasteiger partial charge on any atom is 0.407 e. The van der Waals surface area contributed by atoms with Crippen molar-refractivity contribution in [3.8, 4) is 0 Å². The van der Waals surface area contributed by atoms with E-state index in [1.54, 1.807) is 4.90 Å². The third-order valence-electron chi connectivity index (χ3n) is 4.70. The Balaban J connectivity index is 1.45. The normalized spacial score (nSPS) is 21.2. The van der Waals surface area contributed by atoms with Gasteiger partial charge in [-0.05, 0) is 18.2 Å². The Morgan fingerprint density at radius 2 is 1.96 bits per heavy atom. The number of urea groups is 1. The van der Waals surface area contributed by atoms with Crippen molar-refractivity contribution >= 4 is 29.4 Å². The second-order valence-electron chi connectivity index (χ2n) is 6.57. The number of hydrogen-bond donors (Lipinski definition) is 2. The number of piperazine rings is 1. The largest absolute Gasteiger partial charge is 0.465 e. The van der Waals surface area contributed by atoms with Crippen molar-refractivity contribution in [3.63, 3.8) is 0 Å². The molecule has 0 bridgehead atoms. The van der Waals surface area contributed by atoms with E-state index in [0.717, 1.165) is 0 Å². The van der Waals surface area contributed by atoms with Gasteiger partial charge in [0, 0.05) is 45.0 Å². The zero-order chi connectivity index (χ0) is 19.4. The Labute approximate surface area is 161 Å². The van der Waals surface area contributed by atoms with Gasteiger partial charge in [0.15, 0.2) is 0 Å². The Kier molecular flexibility index (Phi) is 6.35. The van der Waals surface area contributed by atoms with Gasteiger partial charge < -0.3 is 25.0 Å². The van der Waals surface area contributed by atoms with Crippen LogP contribution in [0.5, 0.6) is 0 Å². The van der Waals surface area contributed by atoms with Crippen LogP contribution in [0, 0.1) is 5.82 Å². The summed E-state index contributed by atoms with van der Waals surface area (Å²) in [7, 11) is 0. The van der Waals surface area contributed by atoms with Crippen LogP contribution in [0.2, 0.25) is 5.02 Å². The van der Waals surface area contributed by atoms with Gasteiger partial charge in [-0.3, -0.25) is 4.90 Å². The molecule has 0 saturated carbocycles. The van der Waals surface area contributed by atoms with Gasteiger partial charge in [-0.15, -0.1) is 0 Å². The van der Waals surface area contributed by atoms with Crippen molar-refractivity contribution in [2.45, 2.75) is 6.10 Å². The molecule has 1 aromatic carbocycles. The molecule has 2 aliphatic heterocycles.